The molecule has 2 unspecified atom stereocenters. The van der Waals surface area contributed by atoms with Gasteiger partial charge in [0.15, 0.2) is 6.29 Å². The van der Waals surface area contributed by atoms with Crippen LogP contribution in [0.25, 0.3) is 0 Å². The fourth-order valence-corrected chi connectivity index (χ4v) is 2.85. The van der Waals surface area contributed by atoms with Crippen molar-refractivity contribution in [3.63, 3.8) is 0 Å². The number of hydrogen-bond donors (Lipinski definition) is 3. The van der Waals surface area contributed by atoms with Gasteiger partial charge in [-0.2, -0.15) is 5.10 Å². The lowest BCUT2D eigenvalue weighted by molar-refractivity contribution is -0.125. The van der Waals surface area contributed by atoms with Crippen molar-refractivity contribution < 1.29 is 9.59 Å². The summed E-state index contributed by atoms with van der Waals surface area (Å²) in [6.07, 6.45) is -0.116. The van der Waals surface area contributed by atoms with E-state index in [9.17, 15) is 9.59 Å². The molecule has 2 heterocycles. The number of aryl methyl sites for hydroxylation is 1. The third kappa shape index (κ3) is 3.42. The molecule has 0 spiro atoms. The maximum atomic E-state index is 12.5. The van der Waals surface area contributed by atoms with Crippen molar-refractivity contribution in [2.75, 3.05) is 5.32 Å². The number of carbonyl (C=O) groups is 2. The number of hydrogen-bond acceptors (Lipinski definition) is 4. The van der Waals surface area contributed by atoms with Crippen LogP contribution in [0.1, 0.15) is 35.7 Å². The van der Waals surface area contributed by atoms with Crippen LogP contribution in [0, 0.1) is 6.92 Å². The molecule has 0 aliphatic carbocycles. The van der Waals surface area contributed by atoms with Crippen LogP contribution in [0.4, 0.5) is 5.82 Å². The van der Waals surface area contributed by atoms with Crippen LogP contribution >= 0.6 is 11.6 Å². The van der Waals surface area contributed by atoms with Crippen LogP contribution in [0.2, 0.25) is 5.02 Å². The van der Waals surface area contributed by atoms with Crippen molar-refractivity contribution in [1.29, 1.82) is 0 Å². The van der Waals surface area contributed by atoms with Crippen molar-refractivity contribution in [2.24, 2.45) is 0 Å². The molecule has 0 saturated carbocycles. The summed E-state index contributed by atoms with van der Waals surface area (Å²) in [6, 6.07) is 8.56. The number of nitrogens with one attached hydrogen (secondary N) is 3. The van der Waals surface area contributed by atoms with Gasteiger partial charge in [-0.15, -0.1) is 0 Å². The van der Waals surface area contributed by atoms with Gasteiger partial charge in [0.05, 0.1) is 16.3 Å². The van der Waals surface area contributed by atoms with E-state index in [1.54, 1.807) is 35.0 Å². The first-order valence-corrected chi connectivity index (χ1v) is 7.99. The molecule has 2 atom stereocenters. The van der Waals surface area contributed by atoms with E-state index in [1.807, 2.05) is 13.8 Å². The van der Waals surface area contributed by atoms with Gasteiger partial charge < -0.3 is 10.6 Å². The topological polar surface area (TPSA) is 88.0 Å². The van der Waals surface area contributed by atoms with Gasteiger partial charge in [0.1, 0.15) is 5.82 Å². The van der Waals surface area contributed by atoms with E-state index in [2.05, 4.69) is 21.0 Å². The quantitative estimate of drug-likeness (QED) is 0.793. The lowest BCUT2D eigenvalue weighted by atomic mass is 10.2. The fraction of sp³-hybridized carbons (Fsp3) is 0.312. The summed E-state index contributed by atoms with van der Waals surface area (Å²) in [6.45, 7) is 3.74. The van der Waals surface area contributed by atoms with Gasteiger partial charge in [0.2, 0.25) is 5.91 Å². The van der Waals surface area contributed by atoms with Gasteiger partial charge in [-0.25, -0.2) is 4.68 Å². The van der Waals surface area contributed by atoms with Crippen molar-refractivity contribution in [3.8, 4) is 0 Å². The van der Waals surface area contributed by atoms with Crippen molar-refractivity contribution >= 4 is 29.2 Å². The number of benzene rings is 1. The molecule has 0 bridgehead atoms. The van der Waals surface area contributed by atoms with Crippen molar-refractivity contribution in [1.82, 2.24) is 20.4 Å². The Bertz CT molecular complexity index is 789. The predicted molar refractivity (Wildman–Crippen MR) is 90.8 cm³/mol. The molecule has 1 aliphatic heterocycles. The van der Waals surface area contributed by atoms with E-state index < -0.39 is 6.29 Å². The Kier molecular flexibility index (Phi) is 4.55. The summed E-state index contributed by atoms with van der Waals surface area (Å²) in [5, 5.41) is 13.6. The zero-order valence-electron chi connectivity index (χ0n) is 13.3. The highest BCUT2D eigenvalue weighted by molar-refractivity contribution is 6.34. The van der Waals surface area contributed by atoms with E-state index in [1.165, 1.54) is 0 Å². The Morgan fingerprint density at radius 2 is 2.17 bits per heavy atom. The molecule has 1 aromatic carbocycles. The average molecular weight is 348 g/mol. The molecule has 1 fully saturated rings. The smallest absolute Gasteiger partial charge is 0.258 e. The standard InChI is InChI=1S/C16H18ClN5O2/c1-9-8-14(23)20-16(18-9)22-13(7-10(2)21-22)19-15(24)11-5-3-4-6-12(11)17/h3-7,9,16,18H,8H2,1-2H3,(H,19,24)(H,20,23). The molecule has 0 radical (unpaired) electrons. The SMILES string of the molecule is Cc1cc(NC(=O)c2ccccc2Cl)n(C2NC(=O)CC(C)N2)n1. The minimum absolute atomic E-state index is 0.0142. The number of rotatable bonds is 3. The molecule has 1 aromatic heterocycles. The molecule has 1 aliphatic rings. The maximum Gasteiger partial charge on any atom is 0.258 e. The second-order valence-electron chi connectivity index (χ2n) is 5.79. The maximum absolute atomic E-state index is 12.5. The first-order chi connectivity index (χ1) is 11.4. The lowest BCUT2D eigenvalue weighted by Gasteiger charge is -2.30. The molecule has 126 valence electrons. The molecule has 3 N–H and O–H groups in total. The Hall–Kier alpha value is -2.38. The highest BCUT2D eigenvalue weighted by Gasteiger charge is 2.27. The van der Waals surface area contributed by atoms with Gasteiger partial charge in [-0.3, -0.25) is 14.9 Å². The summed E-state index contributed by atoms with van der Waals surface area (Å²) in [4.78, 5) is 24.2. The molecular formula is C16H18ClN5O2. The minimum atomic E-state index is -0.517. The van der Waals surface area contributed by atoms with Gasteiger partial charge in [0, 0.05) is 18.5 Å². The predicted octanol–water partition coefficient (Wildman–Crippen LogP) is 2.05. The number of amides is 2. The zero-order chi connectivity index (χ0) is 17.3. The van der Waals surface area contributed by atoms with Crippen LogP contribution in [-0.2, 0) is 4.79 Å². The Labute approximate surface area is 144 Å². The fourth-order valence-electron chi connectivity index (χ4n) is 2.63. The molecule has 1 saturated heterocycles. The lowest BCUT2D eigenvalue weighted by Crippen LogP contribution is -2.52. The zero-order valence-corrected chi connectivity index (χ0v) is 14.1. The van der Waals surface area contributed by atoms with E-state index in [-0.39, 0.29) is 17.9 Å². The summed E-state index contributed by atoms with van der Waals surface area (Å²) in [7, 11) is 0. The van der Waals surface area contributed by atoms with E-state index in [4.69, 9.17) is 11.6 Å². The van der Waals surface area contributed by atoms with Crippen molar-refractivity contribution in [2.45, 2.75) is 32.6 Å². The Morgan fingerprint density at radius 3 is 2.88 bits per heavy atom. The molecule has 2 aromatic rings. The number of aromatic nitrogens is 2. The van der Waals surface area contributed by atoms with Crippen LogP contribution in [0.15, 0.2) is 30.3 Å². The first-order valence-electron chi connectivity index (χ1n) is 7.61. The number of halogens is 1. The second kappa shape index (κ2) is 6.62. The monoisotopic (exact) mass is 347 g/mol. The highest BCUT2D eigenvalue weighted by Crippen LogP contribution is 2.20. The Morgan fingerprint density at radius 1 is 1.42 bits per heavy atom. The van der Waals surface area contributed by atoms with Gasteiger partial charge >= 0.3 is 0 Å². The van der Waals surface area contributed by atoms with Crippen LogP contribution in [-0.4, -0.2) is 27.6 Å². The molecule has 24 heavy (non-hydrogen) atoms. The molecule has 3 rings (SSSR count). The number of carbonyl (C=O) groups excluding carboxylic acids is 2. The summed E-state index contributed by atoms with van der Waals surface area (Å²) in [5.74, 6) is 0.0732. The summed E-state index contributed by atoms with van der Waals surface area (Å²) in [5.41, 5.74) is 1.09. The summed E-state index contributed by atoms with van der Waals surface area (Å²) < 4.78 is 1.55. The normalized spacial score (nSPS) is 20.5. The van der Waals surface area contributed by atoms with Gasteiger partial charge in [-0.1, -0.05) is 23.7 Å². The Balaban J connectivity index is 1.86. The van der Waals surface area contributed by atoms with Gasteiger partial charge in [-0.05, 0) is 26.0 Å². The molecule has 2 amide bonds. The molecule has 7 nitrogen and oxygen atoms in total. The van der Waals surface area contributed by atoms with Crippen LogP contribution < -0.4 is 16.0 Å². The minimum Gasteiger partial charge on any atom is -0.322 e. The van der Waals surface area contributed by atoms with E-state index in [0.717, 1.165) is 5.69 Å². The number of nitrogens with zero attached hydrogens (tertiary/aromatic N) is 2. The van der Waals surface area contributed by atoms with Crippen molar-refractivity contribution in [3.05, 3.63) is 46.6 Å². The van der Waals surface area contributed by atoms with E-state index in [0.29, 0.717) is 22.8 Å². The molecule has 8 heteroatoms. The first kappa shape index (κ1) is 16.5. The average Bonchev–Trinajstić information content (AvgIpc) is 2.87. The largest absolute Gasteiger partial charge is 0.322 e. The third-order valence-electron chi connectivity index (χ3n) is 3.69. The highest BCUT2D eigenvalue weighted by atomic mass is 35.5. The van der Waals surface area contributed by atoms with E-state index >= 15 is 0 Å². The summed E-state index contributed by atoms with van der Waals surface area (Å²) >= 11 is 6.06. The number of anilines is 1. The third-order valence-corrected chi connectivity index (χ3v) is 4.02. The molecular weight excluding hydrogens is 330 g/mol. The van der Waals surface area contributed by atoms with Gasteiger partial charge in [0.25, 0.3) is 5.91 Å². The van der Waals surface area contributed by atoms with Crippen LogP contribution in [0.5, 0.6) is 0 Å². The van der Waals surface area contributed by atoms with Crippen LogP contribution in [0.3, 0.4) is 0 Å². The second-order valence-corrected chi connectivity index (χ2v) is 6.20.